The summed E-state index contributed by atoms with van der Waals surface area (Å²) < 4.78 is 55.7. The molecule has 2 aromatic heterocycles. The summed E-state index contributed by atoms with van der Waals surface area (Å²) in [6, 6.07) is 12.6. The number of alkyl halides is 3. The fourth-order valence-electron chi connectivity index (χ4n) is 3.30. The van der Waals surface area contributed by atoms with E-state index in [-0.39, 0.29) is 16.8 Å². The summed E-state index contributed by atoms with van der Waals surface area (Å²) in [6.07, 6.45) is -2.04. The van der Waals surface area contributed by atoms with Gasteiger partial charge >= 0.3 is 6.18 Å². The molecule has 0 aliphatic carbocycles. The summed E-state index contributed by atoms with van der Waals surface area (Å²) in [7, 11) is 0. The van der Waals surface area contributed by atoms with Crippen LogP contribution in [0.5, 0.6) is 0 Å². The highest BCUT2D eigenvalue weighted by atomic mass is 19.4. The molecule has 2 amide bonds. The SMILES string of the molecule is Cc1c(C(=O)Nc2ccc(NC(=O)c3ccc(F)cc3)cc2C(F)(F)F)cnn1-c1ccccn1. The van der Waals surface area contributed by atoms with Crippen LogP contribution in [0.4, 0.5) is 28.9 Å². The van der Waals surface area contributed by atoms with Crippen molar-refractivity contribution in [3.8, 4) is 5.82 Å². The summed E-state index contributed by atoms with van der Waals surface area (Å²) in [4.78, 5) is 29.2. The van der Waals surface area contributed by atoms with Crippen LogP contribution in [0.25, 0.3) is 5.82 Å². The molecular weight excluding hydrogens is 466 g/mol. The molecule has 0 unspecified atom stereocenters. The number of halogens is 4. The Balaban J connectivity index is 1.58. The van der Waals surface area contributed by atoms with E-state index in [0.717, 1.165) is 18.2 Å². The molecule has 7 nitrogen and oxygen atoms in total. The number of hydrogen-bond acceptors (Lipinski definition) is 4. The van der Waals surface area contributed by atoms with Crippen molar-refractivity contribution in [1.82, 2.24) is 14.8 Å². The number of benzene rings is 2. The number of hydrogen-bond donors (Lipinski definition) is 2. The highest BCUT2D eigenvalue weighted by molar-refractivity contribution is 6.06. The monoisotopic (exact) mass is 483 g/mol. The third-order valence-corrected chi connectivity index (χ3v) is 5.06. The van der Waals surface area contributed by atoms with E-state index in [1.807, 2.05) is 0 Å². The maximum Gasteiger partial charge on any atom is 0.418 e. The van der Waals surface area contributed by atoms with E-state index in [4.69, 9.17) is 0 Å². The molecule has 0 fully saturated rings. The summed E-state index contributed by atoms with van der Waals surface area (Å²) >= 11 is 0. The molecule has 0 saturated carbocycles. The Morgan fingerprint density at radius 1 is 0.943 bits per heavy atom. The number of amides is 2. The summed E-state index contributed by atoms with van der Waals surface area (Å²) in [6.45, 7) is 1.59. The van der Waals surface area contributed by atoms with E-state index >= 15 is 0 Å². The highest BCUT2D eigenvalue weighted by Gasteiger charge is 2.35. The molecule has 0 spiro atoms. The maximum atomic E-state index is 13.8. The smallest absolute Gasteiger partial charge is 0.322 e. The van der Waals surface area contributed by atoms with Gasteiger partial charge in [0.2, 0.25) is 0 Å². The molecule has 0 radical (unpaired) electrons. The zero-order valence-electron chi connectivity index (χ0n) is 18.1. The lowest BCUT2D eigenvalue weighted by molar-refractivity contribution is -0.136. The molecule has 4 rings (SSSR count). The third-order valence-electron chi connectivity index (χ3n) is 5.06. The Kier molecular flexibility index (Phi) is 6.32. The third kappa shape index (κ3) is 5.18. The van der Waals surface area contributed by atoms with Gasteiger partial charge in [-0.05, 0) is 61.5 Å². The fraction of sp³-hybridized carbons (Fsp3) is 0.0833. The molecule has 11 heteroatoms. The Morgan fingerprint density at radius 2 is 1.69 bits per heavy atom. The van der Waals surface area contributed by atoms with Gasteiger partial charge in [-0.1, -0.05) is 6.07 Å². The van der Waals surface area contributed by atoms with Crippen LogP contribution in [0.2, 0.25) is 0 Å². The number of carbonyl (C=O) groups is 2. The van der Waals surface area contributed by atoms with Crippen molar-refractivity contribution in [3.05, 3.63) is 101 Å². The molecule has 178 valence electrons. The van der Waals surface area contributed by atoms with Gasteiger partial charge in [0.05, 0.1) is 28.7 Å². The predicted octanol–water partition coefficient (Wildman–Crippen LogP) is 5.24. The van der Waals surface area contributed by atoms with Gasteiger partial charge in [0.1, 0.15) is 5.82 Å². The largest absolute Gasteiger partial charge is 0.418 e. The normalized spacial score (nSPS) is 11.2. The van der Waals surface area contributed by atoms with E-state index in [0.29, 0.717) is 17.6 Å². The van der Waals surface area contributed by atoms with E-state index in [1.54, 1.807) is 31.3 Å². The average molecular weight is 483 g/mol. The maximum absolute atomic E-state index is 13.8. The molecule has 0 atom stereocenters. The standard InChI is InChI=1S/C24H17F4N5O2/c1-14-18(13-30-33(14)21-4-2-3-11-29-21)23(35)32-20-10-9-17(12-19(20)24(26,27)28)31-22(34)15-5-7-16(25)8-6-15/h2-13H,1H3,(H,31,34)(H,32,35). The minimum Gasteiger partial charge on any atom is -0.322 e. The van der Waals surface area contributed by atoms with Gasteiger partial charge in [-0.15, -0.1) is 0 Å². The van der Waals surface area contributed by atoms with Crippen LogP contribution in [-0.4, -0.2) is 26.6 Å². The van der Waals surface area contributed by atoms with Gasteiger partial charge in [-0.3, -0.25) is 9.59 Å². The van der Waals surface area contributed by atoms with Crippen molar-refractivity contribution in [2.75, 3.05) is 10.6 Å². The molecule has 2 heterocycles. The Morgan fingerprint density at radius 3 is 2.34 bits per heavy atom. The lowest BCUT2D eigenvalue weighted by Gasteiger charge is -2.16. The van der Waals surface area contributed by atoms with Gasteiger partial charge in [0, 0.05) is 17.4 Å². The highest BCUT2D eigenvalue weighted by Crippen LogP contribution is 2.37. The predicted molar refractivity (Wildman–Crippen MR) is 120 cm³/mol. The van der Waals surface area contributed by atoms with Crippen molar-refractivity contribution in [2.45, 2.75) is 13.1 Å². The van der Waals surface area contributed by atoms with Gasteiger partial charge in [-0.25, -0.2) is 14.1 Å². The number of carbonyl (C=O) groups excluding carboxylic acids is 2. The van der Waals surface area contributed by atoms with Crippen molar-refractivity contribution >= 4 is 23.2 Å². The second-order valence-electron chi connectivity index (χ2n) is 7.42. The van der Waals surface area contributed by atoms with Crippen LogP contribution in [0, 0.1) is 12.7 Å². The molecule has 0 aliphatic rings. The molecule has 4 aromatic rings. The van der Waals surface area contributed by atoms with Crippen LogP contribution >= 0.6 is 0 Å². The van der Waals surface area contributed by atoms with E-state index in [9.17, 15) is 27.2 Å². The zero-order chi connectivity index (χ0) is 25.2. The molecule has 0 aliphatic heterocycles. The first kappa shape index (κ1) is 23.6. The van der Waals surface area contributed by atoms with Crippen molar-refractivity contribution in [2.24, 2.45) is 0 Å². The average Bonchev–Trinajstić information content (AvgIpc) is 3.21. The Labute approximate surface area is 196 Å². The number of anilines is 2. The van der Waals surface area contributed by atoms with Gasteiger partial charge < -0.3 is 10.6 Å². The van der Waals surface area contributed by atoms with Crippen LogP contribution < -0.4 is 10.6 Å². The first-order valence-corrected chi connectivity index (χ1v) is 10.2. The summed E-state index contributed by atoms with van der Waals surface area (Å²) in [5, 5.41) is 8.71. The summed E-state index contributed by atoms with van der Waals surface area (Å²) in [5.41, 5.74) is -1.28. The van der Waals surface area contributed by atoms with E-state index in [1.165, 1.54) is 29.1 Å². The fourth-order valence-corrected chi connectivity index (χ4v) is 3.30. The minimum atomic E-state index is -4.83. The second kappa shape index (κ2) is 9.37. The molecule has 2 N–H and O–H groups in total. The van der Waals surface area contributed by atoms with E-state index in [2.05, 4.69) is 20.7 Å². The number of rotatable bonds is 5. The van der Waals surface area contributed by atoms with Crippen molar-refractivity contribution in [1.29, 1.82) is 0 Å². The topological polar surface area (TPSA) is 88.9 Å². The molecular formula is C24H17F4N5O2. The zero-order valence-corrected chi connectivity index (χ0v) is 18.1. The van der Waals surface area contributed by atoms with Crippen LogP contribution in [-0.2, 0) is 6.18 Å². The van der Waals surface area contributed by atoms with Gasteiger partial charge in [-0.2, -0.15) is 18.3 Å². The van der Waals surface area contributed by atoms with E-state index < -0.39 is 35.1 Å². The van der Waals surface area contributed by atoms with Crippen LogP contribution in [0.1, 0.15) is 32.0 Å². The molecule has 0 saturated heterocycles. The lowest BCUT2D eigenvalue weighted by atomic mass is 10.1. The van der Waals surface area contributed by atoms with Crippen molar-refractivity contribution < 1.29 is 27.2 Å². The number of nitrogens with one attached hydrogen (secondary N) is 2. The van der Waals surface area contributed by atoms with Gasteiger partial charge in [0.25, 0.3) is 11.8 Å². The quantitative estimate of drug-likeness (QED) is 0.380. The number of aromatic nitrogens is 3. The van der Waals surface area contributed by atoms with Gasteiger partial charge in [0.15, 0.2) is 5.82 Å². The minimum absolute atomic E-state index is 0.0671. The van der Waals surface area contributed by atoms with Crippen LogP contribution in [0.15, 0.2) is 73.1 Å². The first-order chi connectivity index (χ1) is 16.6. The van der Waals surface area contributed by atoms with Crippen LogP contribution in [0.3, 0.4) is 0 Å². The lowest BCUT2D eigenvalue weighted by Crippen LogP contribution is -2.18. The number of nitrogens with zero attached hydrogens (tertiary/aromatic N) is 3. The Bertz CT molecular complexity index is 1380. The molecule has 35 heavy (non-hydrogen) atoms. The molecule has 2 aromatic carbocycles. The first-order valence-electron chi connectivity index (χ1n) is 10.2. The second-order valence-corrected chi connectivity index (χ2v) is 7.42. The summed E-state index contributed by atoms with van der Waals surface area (Å²) in [5.74, 6) is -1.62. The Hall–Kier alpha value is -4.54. The van der Waals surface area contributed by atoms with Crippen molar-refractivity contribution in [3.63, 3.8) is 0 Å². The number of pyridine rings is 1. The molecule has 0 bridgehead atoms.